The van der Waals surface area contributed by atoms with Gasteiger partial charge >= 0.3 is 0 Å². The topological polar surface area (TPSA) is 20.2 Å². The number of phenols is 1. The molecule has 1 heteroatoms. The summed E-state index contributed by atoms with van der Waals surface area (Å²) in [5.74, 6) is 1.25. The van der Waals surface area contributed by atoms with Crippen LogP contribution in [0.2, 0.25) is 0 Å². The summed E-state index contributed by atoms with van der Waals surface area (Å²) in [7, 11) is 0. The number of rotatable bonds is 14. The molecular weight excluding hydrogens is 292 g/mol. The number of aryl methyl sites for hydroxylation is 1. The molecule has 0 aliphatic rings. The van der Waals surface area contributed by atoms with Crippen LogP contribution in [0.25, 0.3) is 0 Å². The average molecular weight is 333 g/mol. The molecule has 138 valence electrons. The van der Waals surface area contributed by atoms with E-state index in [1.54, 1.807) is 0 Å². The number of aromatic hydroxyl groups is 1. The van der Waals surface area contributed by atoms with E-state index in [-0.39, 0.29) is 0 Å². The molecule has 24 heavy (non-hydrogen) atoms. The van der Waals surface area contributed by atoms with Gasteiger partial charge in [0.2, 0.25) is 0 Å². The molecule has 0 aliphatic carbocycles. The van der Waals surface area contributed by atoms with Crippen molar-refractivity contribution in [3.63, 3.8) is 0 Å². The van der Waals surface area contributed by atoms with Crippen molar-refractivity contribution in [2.75, 3.05) is 0 Å². The lowest BCUT2D eigenvalue weighted by Crippen LogP contribution is -2.07. The first-order valence-electron chi connectivity index (χ1n) is 10.5. The summed E-state index contributed by atoms with van der Waals surface area (Å²) in [4.78, 5) is 0. The number of benzene rings is 1. The highest BCUT2D eigenvalue weighted by Crippen LogP contribution is 2.29. The van der Waals surface area contributed by atoms with Crippen LogP contribution in [0.1, 0.15) is 103 Å². The van der Waals surface area contributed by atoms with Crippen molar-refractivity contribution in [2.24, 2.45) is 5.92 Å². The third kappa shape index (κ3) is 8.22. The highest BCUT2D eigenvalue weighted by atomic mass is 16.3. The van der Waals surface area contributed by atoms with Gasteiger partial charge < -0.3 is 5.11 Å². The maximum Gasteiger partial charge on any atom is 0.119 e. The molecule has 0 spiro atoms. The fraction of sp³-hybridized carbons (Fsp3) is 0.739. The molecule has 0 saturated heterocycles. The Hall–Kier alpha value is -0.980. The predicted molar refractivity (Wildman–Crippen MR) is 107 cm³/mol. The predicted octanol–water partition coefficient (Wildman–Crippen LogP) is 7.44. The Bertz CT molecular complexity index is 424. The van der Waals surface area contributed by atoms with Gasteiger partial charge in [-0.05, 0) is 36.0 Å². The molecular formula is C23H40O. The summed E-state index contributed by atoms with van der Waals surface area (Å²) in [6, 6.07) is 6.03. The summed E-state index contributed by atoms with van der Waals surface area (Å²) in [5.41, 5.74) is 2.55. The Labute approximate surface area is 150 Å². The van der Waals surface area contributed by atoms with Gasteiger partial charge in [0.05, 0.1) is 0 Å². The highest BCUT2D eigenvalue weighted by molar-refractivity contribution is 5.39. The van der Waals surface area contributed by atoms with Crippen molar-refractivity contribution < 1.29 is 5.11 Å². The van der Waals surface area contributed by atoms with Gasteiger partial charge in [0, 0.05) is 0 Å². The van der Waals surface area contributed by atoms with E-state index in [9.17, 15) is 5.11 Å². The first-order valence-corrected chi connectivity index (χ1v) is 10.5. The molecule has 0 saturated carbocycles. The third-order valence-electron chi connectivity index (χ3n) is 5.30. The molecule has 1 aromatic rings. The second-order valence-electron chi connectivity index (χ2n) is 7.39. The SMILES string of the molecule is CCCCCCCC(CCCCCC)Cc1c(O)cccc1CC. The Morgan fingerprint density at radius 2 is 1.38 bits per heavy atom. The fourth-order valence-corrected chi connectivity index (χ4v) is 3.72. The van der Waals surface area contributed by atoms with Crippen molar-refractivity contribution in [3.8, 4) is 5.75 Å². The quantitative estimate of drug-likeness (QED) is 0.351. The Balaban J connectivity index is 2.59. The van der Waals surface area contributed by atoms with Crippen LogP contribution < -0.4 is 0 Å². The van der Waals surface area contributed by atoms with Crippen molar-refractivity contribution >= 4 is 0 Å². The molecule has 0 heterocycles. The van der Waals surface area contributed by atoms with Gasteiger partial charge in [0.1, 0.15) is 5.75 Å². The van der Waals surface area contributed by atoms with Crippen LogP contribution in [0.15, 0.2) is 18.2 Å². The van der Waals surface area contributed by atoms with Crippen LogP contribution in [-0.2, 0) is 12.8 Å². The van der Waals surface area contributed by atoms with E-state index in [0.717, 1.165) is 18.8 Å². The second kappa shape index (κ2) is 13.3. The van der Waals surface area contributed by atoms with E-state index < -0.39 is 0 Å². The zero-order valence-corrected chi connectivity index (χ0v) is 16.4. The summed E-state index contributed by atoms with van der Waals surface area (Å²) in [5, 5.41) is 10.3. The maximum atomic E-state index is 10.3. The molecule has 0 radical (unpaired) electrons. The molecule has 0 bridgehead atoms. The first-order chi connectivity index (χ1) is 11.7. The van der Waals surface area contributed by atoms with Crippen LogP contribution in [0, 0.1) is 5.92 Å². The van der Waals surface area contributed by atoms with Crippen LogP contribution in [0.4, 0.5) is 0 Å². The lowest BCUT2D eigenvalue weighted by Gasteiger charge is -2.20. The normalized spacial score (nSPS) is 12.5. The second-order valence-corrected chi connectivity index (χ2v) is 7.39. The monoisotopic (exact) mass is 332 g/mol. The lowest BCUT2D eigenvalue weighted by atomic mass is 9.86. The molecule has 0 aromatic heterocycles. The van der Waals surface area contributed by atoms with E-state index in [0.29, 0.717) is 5.75 Å². The molecule has 1 N–H and O–H groups in total. The van der Waals surface area contributed by atoms with Crippen LogP contribution in [-0.4, -0.2) is 5.11 Å². The summed E-state index contributed by atoms with van der Waals surface area (Å²) >= 11 is 0. The first kappa shape index (κ1) is 21.1. The van der Waals surface area contributed by atoms with Gasteiger partial charge in [-0.1, -0.05) is 104 Å². The minimum Gasteiger partial charge on any atom is -0.508 e. The summed E-state index contributed by atoms with van der Waals surface area (Å²) < 4.78 is 0. The summed E-state index contributed by atoms with van der Waals surface area (Å²) in [6.07, 6.45) is 16.9. The Morgan fingerprint density at radius 1 is 0.792 bits per heavy atom. The lowest BCUT2D eigenvalue weighted by molar-refractivity contribution is 0.392. The molecule has 0 aliphatic heterocycles. The van der Waals surface area contributed by atoms with E-state index >= 15 is 0 Å². The standard InChI is InChI=1S/C23H40O/c1-4-7-9-11-13-16-20(15-12-10-8-5-2)19-22-21(6-3)17-14-18-23(22)24/h14,17-18,20,24H,4-13,15-16,19H2,1-3H3. The smallest absolute Gasteiger partial charge is 0.119 e. The zero-order valence-electron chi connectivity index (χ0n) is 16.4. The van der Waals surface area contributed by atoms with Crippen LogP contribution in [0.3, 0.4) is 0 Å². The van der Waals surface area contributed by atoms with E-state index in [1.807, 2.05) is 12.1 Å². The Morgan fingerprint density at radius 3 is 1.96 bits per heavy atom. The summed E-state index contributed by atoms with van der Waals surface area (Å²) in [6.45, 7) is 6.75. The van der Waals surface area contributed by atoms with Gasteiger partial charge in [-0.15, -0.1) is 0 Å². The molecule has 1 nitrogen and oxygen atoms in total. The van der Waals surface area contributed by atoms with Crippen LogP contribution >= 0.6 is 0 Å². The van der Waals surface area contributed by atoms with Gasteiger partial charge in [-0.2, -0.15) is 0 Å². The molecule has 1 atom stereocenters. The fourth-order valence-electron chi connectivity index (χ4n) is 3.72. The molecule has 0 amide bonds. The molecule has 0 fully saturated rings. The average Bonchev–Trinajstić information content (AvgIpc) is 2.59. The van der Waals surface area contributed by atoms with Gasteiger partial charge in [-0.3, -0.25) is 0 Å². The number of unbranched alkanes of at least 4 members (excludes halogenated alkanes) is 7. The molecule has 1 rings (SSSR count). The number of hydrogen-bond donors (Lipinski definition) is 1. The van der Waals surface area contributed by atoms with Gasteiger partial charge in [0.25, 0.3) is 0 Å². The van der Waals surface area contributed by atoms with E-state index in [4.69, 9.17) is 0 Å². The van der Waals surface area contributed by atoms with Gasteiger partial charge in [0.15, 0.2) is 0 Å². The van der Waals surface area contributed by atoms with Crippen LogP contribution in [0.5, 0.6) is 5.75 Å². The van der Waals surface area contributed by atoms with E-state index in [2.05, 4.69) is 26.8 Å². The third-order valence-corrected chi connectivity index (χ3v) is 5.30. The van der Waals surface area contributed by atoms with Crippen molar-refractivity contribution in [2.45, 2.75) is 104 Å². The van der Waals surface area contributed by atoms with Gasteiger partial charge in [-0.25, -0.2) is 0 Å². The molecule has 1 aromatic carbocycles. The minimum atomic E-state index is 0.513. The molecule has 1 unspecified atom stereocenters. The van der Waals surface area contributed by atoms with Crippen molar-refractivity contribution in [3.05, 3.63) is 29.3 Å². The number of phenolic OH excluding ortho intramolecular Hbond substituents is 1. The van der Waals surface area contributed by atoms with Crippen molar-refractivity contribution in [1.29, 1.82) is 0 Å². The zero-order chi connectivity index (χ0) is 17.6. The highest BCUT2D eigenvalue weighted by Gasteiger charge is 2.14. The van der Waals surface area contributed by atoms with Crippen molar-refractivity contribution in [1.82, 2.24) is 0 Å². The Kier molecular flexibility index (Phi) is 11.7. The minimum absolute atomic E-state index is 0.513. The maximum absolute atomic E-state index is 10.3. The number of hydrogen-bond acceptors (Lipinski definition) is 1. The largest absolute Gasteiger partial charge is 0.508 e. The van der Waals surface area contributed by atoms with E-state index in [1.165, 1.54) is 81.8 Å².